The van der Waals surface area contributed by atoms with E-state index in [0.717, 1.165) is 18.7 Å². The van der Waals surface area contributed by atoms with E-state index in [-0.39, 0.29) is 6.42 Å². The molecule has 4 heteroatoms. The maximum Gasteiger partial charge on any atom is 0.305 e. The third-order valence-electron chi connectivity index (χ3n) is 2.63. The van der Waals surface area contributed by atoms with Crippen LogP contribution in [0.4, 0.5) is 5.69 Å². The summed E-state index contributed by atoms with van der Waals surface area (Å²) >= 11 is 0. The second-order valence-corrected chi connectivity index (χ2v) is 4.11. The maximum atomic E-state index is 10.6. The van der Waals surface area contributed by atoms with Crippen molar-refractivity contribution in [2.45, 2.75) is 19.8 Å². The average Bonchev–Trinajstić information content (AvgIpc) is 2.30. The summed E-state index contributed by atoms with van der Waals surface area (Å²) in [6, 6.07) is 8.11. The lowest BCUT2D eigenvalue weighted by Gasteiger charge is -2.24. The van der Waals surface area contributed by atoms with Gasteiger partial charge in [0.15, 0.2) is 0 Å². The molecule has 0 unspecified atom stereocenters. The molecule has 0 bridgehead atoms. The number of rotatable bonds is 7. The number of carboxylic acids is 1. The zero-order valence-electron chi connectivity index (χ0n) is 10.2. The highest BCUT2D eigenvalue weighted by Crippen LogP contribution is 2.15. The molecule has 1 aromatic rings. The van der Waals surface area contributed by atoms with E-state index in [1.807, 2.05) is 31.2 Å². The first-order chi connectivity index (χ1) is 8.13. The Kier molecular flexibility index (Phi) is 5.49. The number of nitrogens with two attached hydrogens (primary N) is 1. The molecule has 0 spiro atoms. The van der Waals surface area contributed by atoms with Crippen LogP contribution in [-0.4, -0.2) is 30.7 Å². The average molecular weight is 236 g/mol. The first-order valence-electron chi connectivity index (χ1n) is 5.87. The molecule has 0 radical (unpaired) electrons. The molecule has 0 amide bonds. The van der Waals surface area contributed by atoms with Crippen molar-refractivity contribution in [3.05, 3.63) is 29.8 Å². The largest absolute Gasteiger partial charge is 0.481 e. The van der Waals surface area contributed by atoms with Crippen LogP contribution in [0.2, 0.25) is 0 Å². The number of carboxylic acid groups (broad SMARTS) is 1. The SMILES string of the molecule is Cc1ccc(N(CCCN)CCC(=O)O)cc1. The third-order valence-corrected chi connectivity index (χ3v) is 2.63. The van der Waals surface area contributed by atoms with Gasteiger partial charge in [0, 0.05) is 18.8 Å². The normalized spacial score (nSPS) is 10.2. The number of aryl methyl sites for hydroxylation is 1. The van der Waals surface area contributed by atoms with Crippen molar-refractivity contribution < 1.29 is 9.90 Å². The molecule has 94 valence electrons. The van der Waals surface area contributed by atoms with Crippen molar-refractivity contribution >= 4 is 11.7 Å². The lowest BCUT2D eigenvalue weighted by molar-refractivity contribution is -0.136. The monoisotopic (exact) mass is 236 g/mol. The van der Waals surface area contributed by atoms with Crippen LogP contribution in [0.15, 0.2) is 24.3 Å². The summed E-state index contributed by atoms with van der Waals surface area (Å²) < 4.78 is 0. The number of nitrogens with zero attached hydrogens (tertiary/aromatic N) is 1. The molecule has 1 rings (SSSR count). The van der Waals surface area contributed by atoms with Crippen molar-refractivity contribution in [3.63, 3.8) is 0 Å². The van der Waals surface area contributed by atoms with Gasteiger partial charge in [-0.05, 0) is 32.0 Å². The molecular formula is C13H20N2O2. The van der Waals surface area contributed by atoms with E-state index in [2.05, 4.69) is 4.90 Å². The van der Waals surface area contributed by atoms with Crippen molar-refractivity contribution in [2.24, 2.45) is 5.73 Å². The van der Waals surface area contributed by atoms with Gasteiger partial charge < -0.3 is 15.7 Å². The molecule has 4 nitrogen and oxygen atoms in total. The smallest absolute Gasteiger partial charge is 0.305 e. The summed E-state index contributed by atoms with van der Waals surface area (Å²) in [5, 5.41) is 8.73. The number of anilines is 1. The molecule has 17 heavy (non-hydrogen) atoms. The molecule has 0 fully saturated rings. The summed E-state index contributed by atoms with van der Waals surface area (Å²) in [6.45, 7) is 3.98. The fourth-order valence-electron chi connectivity index (χ4n) is 1.64. The fourth-order valence-corrected chi connectivity index (χ4v) is 1.64. The molecule has 0 aliphatic heterocycles. The minimum absolute atomic E-state index is 0.151. The summed E-state index contributed by atoms with van der Waals surface area (Å²) in [5.41, 5.74) is 7.75. The van der Waals surface area contributed by atoms with Crippen LogP contribution >= 0.6 is 0 Å². The van der Waals surface area contributed by atoms with E-state index in [9.17, 15) is 4.79 Å². The fraction of sp³-hybridized carbons (Fsp3) is 0.462. The molecule has 0 saturated heterocycles. The Bertz CT molecular complexity index is 349. The van der Waals surface area contributed by atoms with Crippen LogP contribution in [-0.2, 0) is 4.79 Å². The zero-order chi connectivity index (χ0) is 12.7. The third kappa shape index (κ3) is 4.87. The quantitative estimate of drug-likeness (QED) is 0.755. The van der Waals surface area contributed by atoms with E-state index in [4.69, 9.17) is 10.8 Å². The predicted octanol–water partition coefficient (Wildman–Crippen LogP) is 1.62. The standard InChI is InChI=1S/C13H20N2O2/c1-11-3-5-12(6-4-11)15(9-2-8-14)10-7-13(16)17/h3-6H,2,7-10,14H2,1H3,(H,16,17). The van der Waals surface area contributed by atoms with Gasteiger partial charge in [-0.1, -0.05) is 17.7 Å². The van der Waals surface area contributed by atoms with Crippen LogP contribution in [0.25, 0.3) is 0 Å². The van der Waals surface area contributed by atoms with Gasteiger partial charge in [-0.3, -0.25) is 4.79 Å². The highest BCUT2D eigenvalue weighted by molar-refractivity contribution is 5.67. The van der Waals surface area contributed by atoms with E-state index >= 15 is 0 Å². The van der Waals surface area contributed by atoms with Crippen molar-refractivity contribution in [2.75, 3.05) is 24.5 Å². The Morgan fingerprint density at radius 3 is 2.47 bits per heavy atom. The Labute approximate surface area is 102 Å². The number of carbonyl (C=O) groups is 1. The summed E-state index contributed by atoms with van der Waals surface area (Å²) in [7, 11) is 0. The number of aliphatic carboxylic acids is 1. The van der Waals surface area contributed by atoms with E-state index in [1.165, 1.54) is 5.56 Å². The summed E-state index contributed by atoms with van der Waals surface area (Å²) in [5.74, 6) is -0.769. The topological polar surface area (TPSA) is 66.6 Å². The summed E-state index contributed by atoms with van der Waals surface area (Å²) in [4.78, 5) is 12.7. The van der Waals surface area contributed by atoms with Crippen molar-refractivity contribution in [3.8, 4) is 0 Å². The minimum atomic E-state index is -0.769. The first-order valence-corrected chi connectivity index (χ1v) is 5.87. The van der Waals surface area contributed by atoms with Gasteiger partial charge in [0.1, 0.15) is 0 Å². The van der Waals surface area contributed by atoms with Gasteiger partial charge in [0.2, 0.25) is 0 Å². The second kappa shape index (κ2) is 6.91. The zero-order valence-corrected chi connectivity index (χ0v) is 10.2. The Morgan fingerprint density at radius 1 is 1.29 bits per heavy atom. The molecule has 3 N–H and O–H groups in total. The second-order valence-electron chi connectivity index (χ2n) is 4.11. The molecule has 0 aromatic heterocycles. The van der Waals surface area contributed by atoms with E-state index < -0.39 is 5.97 Å². The number of benzene rings is 1. The molecule has 0 saturated carbocycles. The highest BCUT2D eigenvalue weighted by Gasteiger charge is 2.07. The van der Waals surface area contributed by atoms with Gasteiger partial charge >= 0.3 is 5.97 Å². The maximum absolute atomic E-state index is 10.6. The molecule has 0 aliphatic rings. The van der Waals surface area contributed by atoms with Gasteiger partial charge in [-0.15, -0.1) is 0 Å². The Hall–Kier alpha value is -1.55. The predicted molar refractivity (Wildman–Crippen MR) is 69.3 cm³/mol. The summed E-state index contributed by atoms with van der Waals surface area (Å²) in [6.07, 6.45) is 1.02. The highest BCUT2D eigenvalue weighted by atomic mass is 16.4. The van der Waals surface area contributed by atoms with Crippen LogP contribution < -0.4 is 10.6 Å². The van der Waals surface area contributed by atoms with Crippen LogP contribution in [0.3, 0.4) is 0 Å². The molecule has 0 aliphatic carbocycles. The van der Waals surface area contributed by atoms with Gasteiger partial charge in [-0.2, -0.15) is 0 Å². The van der Waals surface area contributed by atoms with Gasteiger partial charge in [0.05, 0.1) is 6.42 Å². The number of hydrogen-bond acceptors (Lipinski definition) is 3. The lowest BCUT2D eigenvalue weighted by Crippen LogP contribution is -2.28. The molecule has 1 aromatic carbocycles. The van der Waals surface area contributed by atoms with Crippen molar-refractivity contribution in [1.29, 1.82) is 0 Å². The first kappa shape index (κ1) is 13.5. The van der Waals surface area contributed by atoms with Crippen LogP contribution in [0.5, 0.6) is 0 Å². The van der Waals surface area contributed by atoms with E-state index in [0.29, 0.717) is 13.1 Å². The Balaban J connectivity index is 2.67. The molecular weight excluding hydrogens is 216 g/mol. The minimum Gasteiger partial charge on any atom is -0.481 e. The van der Waals surface area contributed by atoms with E-state index in [1.54, 1.807) is 0 Å². The van der Waals surface area contributed by atoms with Crippen LogP contribution in [0.1, 0.15) is 18.4 Å². The number of hydrogen-bond donors (Lipinski definition) is 2. The van der Waals surface area contributed by atoms with Gasteiger partial charge in [0.25, 0.3) is 0 Å². The van der Waals surface area contributed by atoms with Crippen molar-refractivity contribution in [1.82, 2.24) is 0 Å². The lowest BCUT2D eigenvalue weighted by atomic mass is 10.2. The van der Waals surface area contributed by atoms with Crippen LogP contribution in [0, 0.1) is 6.92 Å². The molecule has 0 heterocycles. The molecule has 0 atom stereocenters. The van der Waals surface area contributed by atoms with Gasteiger partial charge in [-0.25, -0.2) is 0 Å². The Morgan fingerprint density at radius 2 is 1.94 bits per heavy atom.